The van der Waals surface area contributed by atoms with Crippen LogP contribution in [0.5, 0.6) is 0 Å². The first-order valence-electron chi connectivity index (χ1n) is 8.18. The van der Waals surface area contributed by atoms with Gasteiger partial charge in [0.05, 0.1) is 6.54 Å². The summed E-state index contributed by atoms with van der Waals surface area (Å²) in [6.07, 6.45) is 6.10. The fourth-order valence-electron chi connectivity index (χ4n) is 3.05. The minimum atomic E-state index is -0.706. The summed E-state index contributed by atoms with van der Waals surface area (Å²) < 4.78 is 0. The van der Waals surface area contributed by atoms with Crippen molar-refractivity contribution in [2.24, 2.45) is 11.8 Å². The maximum Gasteiger partial charge on any atom is 0.317 e. The molecule has 0 aromatic heterocycles. The monoisotopic (exact) mass is 284 g/mol. The lowest BCUT2D eigenvalue weighted by Gasteiger charge is -2.37. The average molecular weight is 284 g/mol. The normalized spacial score (nSPS) is 24.2. The fourth-order valence-corrected chi connectivity index (χ4v) is 3.05. The predicted octanol–water partition coefficient (Wildman–Crippen LogP) is 2.59. The van der Waals surface area contributed by atoms with Crippen LogP contribution >= 0.6 is 0 Å². The minimum absolute atomic E-state index is 0.186. The van der Waals surface area contributed by atoms with Crippen molar-refractivity contribution >= 4 is 5.97 Å². The Morgan fingerprint density at radius 3 is 2.75 bits per heavy atom. The molecule has 1 fully saturated rings. The van der Waals surface area contributed by atoms with E-state index in [9.17, 15) is 4.79 Å². The second kappa shape index (κ2) is 9.35. The number of hydrogen-bond donors (Lipinski definition) is 2. The van der Waals surface area contributed by atoms with Crippen molar-refractivity contribution in [1.29, 1.82) is 0 Å². The Hall–Kier alpha value is -0.610. The van der Waals surface area contributed by atoms with Crippen molar-refractivity contribution in [3.8, 4) is 0 Å². The van der Waals surface area contributed by atoms with Crippen LogP contribution in [0.1, 0.15) is 52.9 Å². The number of piperidine rings is 1. The maximum atomic E-state index is 10.9. The molecule has 2 atom stereocenters. The third kappa shape index (κ3) is 7.25. The second-order valence-electron chi connectivity index (χ2n) is 6.67. The number of rotatable bonds is 9. The van der Waals surface area contributed by atoms with Crippen LogP contribution < -0.4 is 5.32 Å². The van der Waals surface area contributed by atoms with Gasteiger partial charge in [0.1, 0.15) is 0 Å². The van der Waals surface area contributed by atoms with Gasteiger partial charge in [-0.15, -0.1) is 0 Å². The van der Waals surface area contributed by atoms with Gasteiger partial charge in [0.2, 0.25) is 0 Å². The molecule has 1 aliphatic heterocycles. The molecule has 0 amide bonds. The van der Waals surface area contributed by atoms with E-state index in [2.05, 4.69) is 31.0 Å². The van der Waals surface area contributed by atoms with Gasteiger partial charge in [0.15, 0.2) is 0 Å². The van der Waals surface area contributed by atoms with E-state index in [0.29, 0.717) is 12.0 Å². The summed E-state index contributed by atoms with van der Waals surface area (Å²) in [7, 11) is 0. The van der Waals surface area contributed by atoms with Gasteiger partial charge in [0.25, 0.3) is 0 Å². The Morgan fingerprint density at radius 2 is 2.15 bits per heavy atom. The van der Waals surface area contributed by atoms with Crippen molar-refractivity contribution in [2.45, 2.75) is 58.9 Å². The van der Waals surface area contributed by atoms with Crippen LogP contribution in [0.15, 0.2) is 0 Å². The lowest BCUT2D eigenvalue weighted by atomic mass is 9.89. The Kier molecular flexibility index (Phi) is 8.15. The van der Waals surface area contributed by atoms with Crippen LogP contribution in [0.3, 0.4) is 0 Å². The molecule has 0 aromatic carbocycles. The fraction of sp³-hybridized carbons (Fsp3) is 0.938. The minimum Gasteiger partial charge on any atom is -0.480 e. The number of likely N-dealkylation sites (tertiary alicyclic amines) is 1. The highest BCUT2D eigenvalue weighted by atomic mass is 16.4. The molecule has 1 rings (SSSR count). The highest BCUT2D eigenvalue weighted by Gasteiger charge is 2.27. The molecule has 4 heteroatoms. The van der Waals surface area contributed by atoms with E-state index < -0.39 is 5.97 Å². The highest BCUT2D eigenvalue weighted by Crippen LogP contribution is 2.22. The van der Waals surface area contributed by atoms with E-state index in [1.54, 1.807) is 0 Å². The summed E-state index contributed by atoms with van der Waals surface area (Å²) in [4.78, 5) is 13.0. The van der Waals surface area contributed by atoms with E-state index >= 15 is 0 Å². The lowest BCUT2D eigenvalue weighted by Crippen LogP contribution is -2.50. The molecule has 0 aromatic rings. The maximum absolute atomic E-state index is 10.9. The number of carboxylic acids is 1. The van der Waals surface area contributed by atoms with Gasteiger partial charge in [0, 0.05) is 19.1 Å². The molecule has 0 aliphatic carbocycles. The Balaban J connectivity index is 2.43. The highest BCUT2D eigenvalue weighted by molar-refractivity contribution is 5.69. The van der Waals surface area contributed by atoms with E-state index in [1.807, 2.05) is 0 Å². The number of nitrogens with one attached hydrogen (secondary N) is 1. The number of carbonyl (C=O) groups is 1. The molecule has 0 saturated carbocycles. The van der Waals surface area contributed by atoms with E-state index in [0.717, 1.165) is 25.6 Å². The average Bonchev–Trinajstić information content (AvgIpc) is 2.35. The van der Waals surface area contributed by atoms with Gasteiger partial charge < -0.3 is 10.4 Å². The standard InChI is InChI=1S/C16H32N2O2/c1-4-5-6-14-9-15(17-8-7-13(2)3)11-18(10-14)12-16(19)20/h13-15,17H,4-12H2,1-3H3,(H,19,20). The first kappa shape index (κ1) is 17.4. The van der Waals surface area contributed by atoms with Gasteiger partial charge in [-0.1, -0.05) is 33.6 Å². The van der Waals surface area contributed by atoms with E-state index in [-0.39, 0.29) is 6.54 Å². The molecular formula is C16H32N2O2. The molecule has 2 unspecified atom stereocenters. The van der Waals surface area contributed by atoms with Crippen LogP contribution in [0, 0.1) is 11.8 Å². The number of hydrogen-bond acceptors (Lipinski definition) is 3. The van der Waals surface area contributed by atoms with Crippen molar-refractivity contribution in [2.75, 3.05) is 26.2 Å². The first-order chi connectivity index (χ1) is 9.51. The third-order valence-electron chi connectivity index (χ3n) is 4.09. The molecule has 0 radical (unpaired) electrons. The molecule has 118 valence electrons. The summed E-state index contributed by atoms with van der Waals surface area (Å²) in [6, 6.07) is 0.462. The van der Waals surface area contributed by atoms with Crippen LogP contribution in [-0.4, -0.2) is 48.2 Å². The quantitative estimate of drug-likeness (QED) is 0.683. The number of nitrogens with zero attached hydrogens (tertiary/aromatic N) is 1. The number of carboxylic acid groups (broad SMARTS) is 1. The van der Waals surface area contributed by atoms with Crippen LogP contribution in [0.4, 0.5) is 0 Å². The summed E-state index contributed by atoms with van der Waals surface area (Å²) in [5.41, 5.74) is 0. The molecule has 1 saturated heterocycles. The van der Waals surface area contributed by atoms with E-state index in [1.165, 1.54) is 32.1 Å². The van der Waals surface area contributed by atoms with Crippen molar-refractivity contribution in [1.82, 2.24) is 10.2 Å². The molecule has 1 heterocycles. The number of aliphatic carboxylic acids is 1. The Bertz CT molecular complexity index is 282. The summed E-state index contributed by atoms with van der Waals surface area (Å²) >= 11 is 0. The smallest absolute Gasteiger partial charge is 0.317 e. The molecule has 2 N–H and O–H groups in total. The van der Waals surface area contributed by atoms with Crippen molar-refractivity contribution < 1.29 is 9.90 Å². The second-order valence-corrected chi connectivity index (χ2v) is 6.67. The SMILES string of the molecule is CCCCC1CC(NCCC(C)C)CN(CC(=O)O)C1. The largest absolute Gasteiger partial charge is 0.480 e. The van der Waals surface area contributed by atoms with E-state index in [4.69, 9.17) is 5.11 Å². The molecule has 0 spiro atoms. The Labute approximate surface area is 123 Å². The summed E-state index contributed by atoms with van der Waals surface area (Å²) in [5, 5.41) is 12.6. The van der Waals surface area contributed by atoms with Crippen LogP contribution in [-0.2, 0) is 4.79 Å². The summed E-state index contributed by atoms with van der Waals surface area (Å²) in [5.74, 6) is 0.666. The first-order valence-corrected chi connectivity index (χ1v) is 8.18. The van der Waals surface area contributed by atoms with Crippen LogP contribution in [0.2, 0.25) is 0 Å². The number of unbranched alkanes of at least 4 members (excludes halogenated alkanes) is 1. The third-order valence-corrected chi connectivity index (χ3v) is 4.09. The zero-order valence-electron chi connectivity index (χ0n) is 13.4. The molecule has 20 heavy (non-hydrogen) atoms. The molecule has 1 aliphatic rings. The van der Waals surface area contributed by atoms with Gasteiger partial charge >= 0.3 is 5.97 Å². The van der Waals surface area contributed by atoms with Gasteiger partial charge in [-0.25, -0.2) is 0 Å². The topological polar surface area (TPSA) is 52.6 Å². The van der Waals surface area contributed by atoms with Crippen LogP contribution in [0.25, 0.3) is 0 Å². The molecule has 4 nitrogen and oxygen atoms in total. The Morgan fingerprint density at radius 1 is 1.40 bits per heavy atom. The lowest BCUT2D eigenvalue weighted by molar-refractivity contribution is -0.138. The van der Waals surface area contributed by atoms with Crippen molar-refractivity contribution in [3.63, 3.8) is 0 Å². The zero-order valence-corrected chi connectivity index (χ0v) is 13.4. The molecular weight excluding hydrogens is 252 g/mol. The zero-order chi connectivity index (χ0) is 15.0. The molecule has 0 bridgehead atoms. The predicted molar refractivity (Wildman–Crippen MR) is 83.0 cm³/mol. The van der Waals surface area contributed by atoms with Gasteiger partial charge in [-0.2, -0.15) is 0 Å². The van der Waals surface area contributed by atoms with Gasteiger partial charge in [-0.05, 0) is 37.6 Å². The summed E-state index contributed by atoms with van der Waals surface area (Å²) in [6.45, 7) is 9.76. The van der Waals surface area contributed by atoms with Crippen molar-refractivity contribution in [3.05, 3.63) is 0 Å². The van der Waals surface area contributed by atoms with Gasteiger partial charge in [-0.3, -0.25) is 9.69 Å².